The highest BCUT2D eigenvalue weighted by Gasteiger charge is 2.38. The van der Waals surface area contributed by atoms with Gasteiger partial charge in [-0.05, 0) is 56.1 Å². The highest BCUT2D eigenvalue weighted by molar-refractivity contribution is 7.94. The number of anilines is 2. The number of fused-ring (bicyclic) bond motifs is 1. The minimum absolute atomic E-state index is 0.202. The summed E-state index contributed by atoms with van der Waals surface area (Å²) in [7, 11) is -3.98. The van der Waals surface area contributed by atoms with Crippen LogP contribution in [0.3, 0.4) is 0 Å². The maximum absolute atomic E-state index is 13.2. The molecule has 1 saturated heterocycles. The number of nitrogens with one attached hydrogen (secondary N) is 3. The Bertz CT molecular complexity index is 1670. The number of hydrogen-bond acceptors (Lipinski definition) is 10. The number of urea groups is 1. The molecule has 12 nitrogen and oxygen atoms in total. The molecular weight excluding hydrogens is 552 g/mol. The number of rotatable bonds is 7. The lowest BCUT2D eigenvalue weighted by Gasteiger charge is -2.22. The molecule has 1 aliphatic heterocycles. The summed E-state index contributed by atoms with van der Waals surface area (Å²) >= 11 is 1.34. The second-order valence-corrected chi connectivity index (χ2v) is 12.4. The number of aromatic nitrogens is 4. The largest absolute Gasteiger partial charge is 0.338 e. The highest BCUT2D eigenvalue weighted by Crippen LogP contribution is 2.38. The number of hydrogen-bond donors (Lipinski definition) is 3. The summed E-state index contributed by atoms with van der Waals surface area (Å²) in [6.07, 6.45) is 5.14. The van der Waals surface area contributed by atoms with Gasteiger partial charge in [-0.25, -0.2) is 28.2 Å². The first-order valence-corrected chi connectivity index (χ1v) is 15.0. The molecule has 0 spiro atoms. The second-order valence-electron chi connectivity index (χ2n) is 9.31. The van der Waals surface area contributed by atoms with Crippen molar-refractivity contribution < 1.29 is 18.0 Å². The van der Waals surface area contributed by atoms with E-state index in [-0.39, 0.29) is 18.5 Å². The van der Waals surface area contributed by atoms with E-state index >= 15 is 0 Å². The molecule has 4 heterocycles. The van der Waals surface area contributed by atoms with Crippen molar-refractivity contribution in [3.05, 3.63) is 48.4 Å². The van der Waals surface area contributed by atoms with Crippen LogP contribution in [0.15, 0.2) is 42.9 Å². The van der Waals surface area contributed by atoms with Crippen LogP contribution in [0.4, 0.5) is 15.9 Å². The van der Waals surface area contributed by atoms with Crippen molar-refractivity contribution in [2.24, 2.45) is 0 Å². The molecule has 14 heteroatoms. The number of carbonyl (C=O) groups excluding carboxylic acids is 2. The highest BCUT2D eigenvalue weighted by atomic mass is 32.2. The molecule has 0 saturated carbocycles. The summed E-state index contributed by atoms with van der Waals surface area (Å²) in [5.74, 6) is -0.879. The van der Waals surface area contributed by atoms with Crippen molar-refractivity contribution >= 4 is 54.6 Å². The molecule has 3 amide bonds. The molecule has 1 atom stereocenters. The molecular formula is C26H28N8O4S2. The quantitative estimate of drug-likeness (QED) is 0.298. The van der Waals surface area contributed by atoms with Crippen molar-refractivity contribution in [3.63, 3.8) is 0 Å². The van der Waals surface area contributed by atoms with E-state index in [0.717, 1.165) is 21.5 Å². The fraction of sp³-hybridized carbons (Fsp3) is 0.308. The number of sulfonamides is 1. The van der Waals surface area contributed by atoms with Crippen molar-refractivity contribution in [3.8, 4) is 22.4 Å². The van der Waals surface area contributed by atoms with Crippen LogP contribution in [-0.4, -0.2) is 65.2 Å². The van der Waals surface area contributed by atoms with Gasteiger partial charge in [0.15, 0.2) is 5.13 Å². The minimum Gasteiger partial charge on any atom is -0.338 e. The fourth-order valence-electron chi connectivity index (χ4n) is 4.41. The number of aryl methyl sites for hydroxylation is 1. The van der Waals surface area contributed by atoms with Crippen LogP contribution in [0.2, 0.25) is 0 Å². The van der Waals surface area contributed by atoms with Gasteiger partial charge in [0.25, 0.3) is 0 Å². The Hall–Kier alpha value is -4.01. The third-order valence-corrected chi connectivity index (χ3v) is 9.56. The lowest BCUT2D eigenvalue weighted by molar-refractivity contribution is -0.115. The number of amides is 3. The molecule has 1 aliphatic rings. The molecule has 5 rings (SSSR count). The zero-order valence-corrected chi connectivity index (χ0v) is 23.8. The van der Waals surface area contributed by atoms with Gasteiger partial charge in [-0.2, -0.15) is 4.31 Å². The number of benzene rings is 1. The Morgan fingerprint density at radius 2 is 1.90 bits per heavy atom. The Labute approximate surface area is 235 Å². The van der Waals surface area contributed by atoms with Gasteiger partial charge in [-0.1, -0.05) is 17.4 Å². The predicted molar refractivity (Wildman–Crippen MR) is 155 cm³/mol. The standard InChI is InChI=1S/C26H28N8O4S2/c1-4-28-25(36)33-26-32-22-10-17(9-20(23(22)39-26)21-6-5-15(2)11-29-21)18-12-30-24(31-13-18)34(16(3)35)40(37,38)19-7-8-27-14-19/h5-6,9-13,19,27H,4,7-8,14H2,1-3H3,(H2,28,32,33,36). The van der Waals surface area contributed by atoms with E-state index in [4.69, 9.17) is 0 Å². The van der Waals surface area contributed by atoms with Gasteiger partial charge in [-0.15, -0.1) is 0 Å². The molecule has 4 aromatic rings. The first-order valence-electron chi connectivity index (χ1n) is 12.7. The van der Waals surface area contributed by atoms with Crippen LogP contribution in [0.1, 0.15) is 25.8 Å². The molecule has 3 aromatic heterocycles. The maximum atomic E-state index is 13.2. The Morgan fingerprint density at radius 3 is 2.52 bits per heavy atom. The number of pyridine rings is 1. The van der Waals surface area contributed by atoms with E-state index in [1.54, 1.807) is 6.20 Å². The Balaban J connectivity index is 1.55. The van der Waals surface area contributed by atoms with E-state index in [1.165, 1.54) is 30.7 Å². The predicted octanol–water partition coefficient (Wildman–Crippen LogP) is 3.31. The third kappa shape index (κ3) is 5.50. The van der Waals surface area contributed by atoms with Crippen LogP contribution < -0.4 is 20.3 Å². The van der Waals surface area contributed by atoms with Crippen molar-refractivity contribution in [2.45, 2.75) is 32.4 Å². The van der Waals surface area contributed by atoms with Crippen LogP contribution in [-0.2, 0) is 14.8 Å². The van der Waals surface area contributed by atoms with Gasteiger partial charge in [-0.3, -0.25) is 15.1 Å². The topological polar surface area (TPSA) is 159 Å². The van der Waals surface area contributed by atoms with E-state index in [1.807, 2.05) is 38.1 Å². The van der Waals surface area contributed by atoms with Crippen molar-refractivity contribution in [1.82, 2.24) is 30.6 Å². The first kappa shape index (κ1) is 27.6. The second kappa shape index (κ2) is 11.2. The van der Waals surface area contributed by atoms with Crippen molar-refractivity contribution in [1.29, 1.82) is 0 Å². The van der Waals surface area contributed by atoms with E-state index in [9.17, 15) is 18.0 Å². The van der Waals surface area contributed by atoms with E-state index < -0.39 is 21.2 Å². The van der Waals surface area contributed by atoms with Crippen molar-refractivity contribution in [2.75, 3.05) is 29.3 Å². The molecule has 1 unspecified atom stereocenters. The molecule has 208 valence electrons. The smallest absolute Gasteiger partial charge is 0.321 e. The molecule has 1 aromatic carbocycles. The lowest BCUT2D eigenvalue weighted by atomic mass is 10.0. The summed E-state index contributed by atoms with van der Waals surface area (Å²) in [6, 6.07) is 7.30. The third-order valence-electron chi connectivity index (χ3n) is 6.37. The SMILES string of the molecule is CCNC(=O)Nc1nc2cc(-c3cnc(N(C(C)=O)S(=O)(=O)C4CCNC4)nc3)cc(-c3ccc(C)cn3)c2s1. The molecule has 40 heavy (non-hydrogen) atoms. The van der Waals surface area contributed by atoms with Gasteiger partial charge < -0.3 is 10.6 Å². The summed E-state index contributed by atoms with van der Waals surface area (Å²) in [6.45, 7) is 6.28. The minimum atomic E-state index is -3.98. The van der Waals surface area contributed by atoms with Gasteiger partial charge in [0.2, 0.25) is 21.9 Å². The molecule has 0 bridgehead atoms. The first-order chi connectivity index (χ1) is 19.2. The van der Waals surface area contributed by atoms with E-state index in [0.29, 0.717) is 45.6 Å². The zero-order valence-electron chi connectivity index (χ0n) is 22.1. The fourth-order valence-corrected chi connectivity index (χ4v) is 7.10. The zero-order chi connectivity index (χ0) is 28.4. The normalized spacial score (nSPS) is 15.2. The summed E-state index contributed by atoms with van der Waals surface area (Å²) in [5, 5.41) is 8.18. The van der Waals surface area contributed by atoms with Gasteiger partial charge >= 0.3 is 6.03 Å². The molecule has 0 radical (unpaired) electrons. The average Bonchev–Trinajstić information content (AvgIpc) is 3.60. The summed E-state index contributed by atoms with van der Waals surface area (Å²) in [5.41, 5.74) is 4.48. The molecule has 3 N–H and O–H groups in total. The average molecular weight is 581 g/mol. The monoisotopic (exact) mass is 580 g/mol. The van der Waals surface area contributed by atoms with Gasteiger partial charge in [0.1, 0.15) is 0 Å². The molecule has 1 fully saturated rings. The van der Waals surface area contributed by atoms with Crippen LogP contribution in [0.5, 0.6) is 0 Å². The molecule has 0 aliphatic carbocycles. The Kier molecular flexibility index (Phi) is 7.74. The Morgan fingerprint density at radius 1 is 1.12 bits per heavy atom. The summed E-state index contributed by atoms with van der Waals surface area (Å²) < 4.78 is 27.8. The van der Waals surface area contributed by atoms with Gasteiger partial charge in [0.05, 0.1) is 21.2 Å². The van der Waals surface area contributed by atoms with Crippen LogP contribution >= 0.6 is 11.3 Å². The maximum Gasteiger partial charge on any atom is 0.321 e. The summed E-state index contributed by atoms with van der Waals surface area (Å²) in [4.78, 5) is 42.2. The van der Waals surface area contributed by atoms with Crippen LogP contribution in [0, 0.1) is 6.92 Å². The number of carbonyl (C=O) groups is 2. The number of nitrogens with zero attached hydrogens (tertiary/aromatic N) is 5. The lowest BCUT2D eigenvalue weighted by Crippen LogP contribution is -2.43. The van der Waals surface area contributed by atoms with E-state index in [2.05, 4.69) is 35.9 Å². The van der Waals surface area contributed by atoms with Crippen LogP contribution in [0.25, 0.3) is 32.6 Å². The van der Waals surface area contributed by atoms with Gasteiger partial charge in [0, 0.05) is 49.7 Å². The number of thiazole rings is 1.